The summed E-state index contributed by atoms with van der Waals surface area (Å²) in [4.78, 5) is 0. The fraction of sp³-hybridized carbons (Fsp3) is 0.625. The van der Waals surface area contributed by atoms with Crippen molar-refractivity contribution in [3.63, 3.8) is 0 Å². The number of hydrogen-bond acceptors (Lipinski definition) is 4. The van der Waals surface area contributed by atoms with Gasteiger partial charge in [-0.25, -0.2) is 0 Å². The summed E-state index contributed by atoms with van der Waals surface area (Å²) in [6.07, 6.45) is -0.566. The molecule has 0 bridgehead atoms. The van der Waals surface area contributed by atoms with Crippen LogP contribution in [0.3, 0.4) is 0 Å². The van der Waals surface area contributed by atoms with E-state index < -0.39 is 6.10 Å². The fourth-order valence-electron chi connectivity index (χ4n) is 1.89. The molecule has 0 aliphatic carbocycles. The molecular formula is C16H27NO3. The summed E-state index contributed by atoms with van der Waals surface area (Å²) < 4.78 is 5.63. The summed E-state index contributed by atoms with van der Waals surface area (Å²) >= 11 is 0. The van der Waals surface area contributed by atoms with Crippen LogP contribution in [-0.2, 0) is 0 Å². The number of hydrogen-bond donors (Lipinski definition) is 3. The smallest absolute Gasteiger partial charge is 0.122 e. The van der Waals surface area contributed by atoms with Gasteiger partial charge in [0.15, 0.2) is 0 Å². The highest BCUT2D eigenvalue weighted by molar-refractivity contribution is 5.35. The lowest BCUT2D eigenvalue weighted by Gasteiger charge is -2.21. The van der Waals surface area contributed by atoms with Crippen LogP contribution < -0.4 is 10.1 Å². The average Bonchev–Trinajstić information content (AvgIpc) is 2.42. The van der Waals surface area contributed by atoms with Crippen molar-refractivity contribution in [2.75, 3.05) is 19.8 Å². The topological polar surface area (TPSA) is 61.7 Å². The first kappa shape index (κ1) is 17.0. The van der Waals surface area contributed by atoms with E-state index in [-0.39, 0.29) is 25.2 Å². The molecule has 0 aliphatic heterocycles. The van der Waals surface area contributed by atoms with Gasteiger partial charge < -0.3 is 20.3 Å². The van der Waals surface area contributed by atoms with Crippen LogP contribution in [-0.4, -0.2) is 42.1 Å². The number of aryl methyl sites for hydroxylation is 2. The van der Waals surface area contributed by atoms with Crippen LogP contribution in [0, 0.1) is 19.8 Å². The Bertz CT molecular complexity index is 409. The van der Waals surface area contributed by atoms with Gasteiger partial charge in [0.05, 0.1) is 0 Å². The monoisotopic (exact) mass is 281 g/mol. The summed E-state index contributed by atoms with van der Waals surface area (Å²) in [5.41, 5.74) is 2.27. The number of aliphatic hydroxyl groups is 2. The highest BCUT2D eigenvalue weighted by Gasteiger charge is 2.13. The van der Waals surface area contributed by atoms with Crippen LogP contribution in [0.4, 0.5) is 0 Å². The Morgan fingerprint density at radius 3 is 2.55 bits per heavy atom. The largest absolute Gasteiger partial charge is 0.491 e. The molecular weight excluding hydrogens is 254 g/mol. The van der Waals surface area contributed by atoms with Crippen molar-refractivity contribution in [2.24, 2.45) is 5.92 Å². The fourth-order valence-corrected chi connectivity index (χ4v) is 1.89. The molecule has 20 heavy (non-hydrogen) atoms. The second kappa shape index (κ2) is 8.25. The number of benzene rings is 1. The van der Waals surface area contributed by atoms with Crippen LogP contribution in [0.15, 0.2) is 18.2 Å². The molecule has 0 radical (unpaired) electrons. The molecule has 4 heteroatoms. The van der Waals surface area contributed by atoms with Crippen molar-refractivity contribution < 1.29 is 14.9 Å². The molecule has 1 rings (SSSR count). The molecule has 4 nitrogen and oxygen atoms in total. The van der Waals surface area contributed by atoms with Crippen LogP contribution in [0.25, 0.3) is 0 Å². The lowest BCUT2D eigenvalue weighted by molar-refractivity contribution is 0.0989. The Kier molecular flexibility index (Phi) is 6.99. The van der Waals surface area contributed by atoms with Gasteiger partial charge in [-0.05, 0) is 38.3 Å². The van der Waals surface area contributed by atoms with Crippen molar-refractivity contribution in [3.8, 4) is 5.75 Å². The van der Waals surface area contributed by atoms with Crippen molar-refractivity contribution >= 4 is 0 Å². The Balaban J connectivity index is 2.34. The van der Waals surface area contributed by atoms with Gasteiger partial charge in [0.2, 0.25) is 0 Å². The highest BCUT2D eigenvalue weighted by Crippen LogP contribution is 2.18. The molecule has 1 aromatic rings. The van der Waals surface area contributed by atoms with Crippen molar-refractivity contribution in [1.82, 2.24) is 5.32 Å². The summed E-state index contributed by atoms with van der Waals surface area (Å²) in [6, 6.07) is 6.15. The quantitative estimate of drug-likeness (QED) is 0.678. The Morgan fingerprint density at radius 1 is 1.25 bits per heavy atom. The van der Waals surface area contributed by atoms with E-state index in [0.717, 1.165) is 11.3 Å². The Labute approximate surface area is 121 Å². The summed E-state index contributed by atoms with van der Waals surface area (Å²) in [5.74, 6) is 0.980. The molecule has 3 unspecified atom stereocenters. The maximum Gasteiger partial charge on any atom is 0.122 e. The molecule has 3 atom stereocenters. The van der Waals surface area contributed by atoms with E-state index in [2.05, 4.69) is 11.4 Å². The van der Waals surface area contributed by atoms with Crippen molar-refractivity contribution in [3.05, 3.63) is 29.3 Å². The molecule has 0 saturated heterocycles. The second-order valence-corrected chi connectivity index (χ2v) is 5.59. The van der Waals surface area contributed by atoms with Gasteiger partial charge >= 0.3 is 0 Å². The van der Waals surface area contributed by atoms with Gasteiger partial charge in [0, 0.05) is 19.2 Å². The van der Waals surface area contributed by atoms with Gasteiger partial charge in [-0.15, -0.1) is 0 Å². The normalized spacial score (nSPS) is 15.7. The van der Waals surface area contributed by atoms with Crippen LogP contribution in [0.2, 0.25) is 0 Å². The van der Waals surface area contributed by atoms with Crippen LogP contribution in [0.5, 0.6) is 5.75 Å². The summed E-state index contributed by atoms with van der Waals surface area (Å²) in [6.45, 7) is 8.86. The van der Waals surface area contributed by atoms with Crippen LogP contribution >= 0.6 is 0 Å². The molecule has 0 heterocycles. The lowest BCUT2D eigenvalue weighted by Crippen LogP contribution is -2.40. The molecule has 0 aromatic heterocycles. The van der Waals surface area contributed by atoms with E-state index in [1.165, 1.54) is 5.56 Å². The SMILES string of the molecule is Cc1ccc(OCC(O)CNC(C)C(C)CO)c(C)c1. The Morgan fingerprint density at radius 2 is 1.95 bits per heavy atom. The highest BCUT2D eigenvalue weighted by atomic mass is 16.5. The molecule has 0 amide bonds. The predicted octanol–water partition coefficient (Wildman–Crippen LogP) is 1.65. The van der Waals surface area contributed by atoms with E-state index in [4.69, 9.17) is 9.84 Å². The zero-order valence-corrected chi connectivity index (χ0v) is 12.9. The van der Waals surface area contributed by atoms with Crippen LogP contribution in [0.1, 0.15) is 25.0 Å². The third kappa shape index (κ3) is 5.49. The van der Waals surface area contributed by atoms with Crippen molar-refractivity contribution in [1.29, 1.82) is 0 Å². The van der Waals surface area contributed by atoms with E-state index in [1.54, 1.807) is 0 Å². The lowest BCUT2D eigenvalue weighted by atomic mass is 10.1. The van der Waals surface area contributed by atoms with E-state index in [0.29, 0.717) is 6.54 Å². The van der Waals surface area contributed by atoms with Gasteiger partial charge in [0.25, 0.3) is 0 Å². The molecule has 114 valence electrons. The van der Waals surface area contributed by atoms with Gasteiger partial charge in [-0.3, -0.25) is 0 Å². The first-order chi connectivity index (χ1) is 9.43. The zero-order valence-electron chi connectivity index (χ0n) is 12.9. The number of nitrogens with one attached hydrogen (secondary N) is 1. The van der Waals surface area contributed by atoms with Gasteiger partial charge in [-0.1, -0.05) is 24.6 Å². The first-order valence-electron chi connectivity index (χ1n) is 7.16. The standard InChI is InChI=1S/C16H27NO3/c1-11-5-6-16(12(2)7-11)20-10-15(19)8-17-14(4)13(3)9-18/h5-7,13-15,17-19H,8-10H2,1-4H3. The minimum absolute atomic E-state index is 0.142. The summed E-state index contributed by atoms with van der Waals surface area (Å²) in [5, 5.41) is 22.2. The molecule has 1 aromatic carbocycles. The molecule has 0 saturated carbocycles. The van der Waals surface area contributed by atoms with E-state index in [9.17, 15) is 5.11 Å². The Hall–Kier alpha value is -1.10. The zero-order chi connectivity index (χ0) is 15.1. The summed E-state index contributed by atoms with van der Waals surface area (Å²) in [7, 11) is 0. The van der Waals surface area contributed by atoms with Crippen molar-refractivity contribution in [2.45, 2.75) is 39.8 Å². The molecule has 3 N–H and O–H groups in total. The maximum atomic E-state index is 9.91. The third-order valence-corrected chi connectivity index (χ3v) is 3.58. The molecule has 0 spiro atoms. The molecule has 0 aliphatic rings. The number of rotatable bonds is 8. The average molecular weight is 281 g/mol. The minimum atomic E-state index is -0.566. The van der Waals surface area contributed by atoms with E-state index >= 15 is 0 Å². The number of ether oxygens (including phenoxy) is 1. The molecule has 0 fully saturated rings. The minimum Gasteiger partial charge on any atom is -0.491 e. The maximum absolute atomic E-state index is 9.91. The number of aliphatic hydroxyl groups excluding tert-OH is 2. The van der Waals surface area contributed by atoms with E-state index in [1.807, 2.05) is 39.8 Å². The van der Waals surface area contributed by atoms with Gasteiger partial charge in [0.1, 0.15) is 18.5 Å². The third-order valence-electron chi connectivity index (χ3n) is 3.58. The second-order valence-electron chi connectivity index (χ2n) is 5.59. The first-order valence-corrected chi connectivity index (χ1v) is 7.16. The van der Waals surface area contributed by atoms with Gasteiger partial charge in [-0.2, -0.15) is 0 Å². The predicted molar refractivity (Wildman–Crippen MR) is 81.1 cm³/mol.